The lowest BCUT2D eigenvalue weighted by Crippen LogP contribution is -2.11. The van der Waals surface area contributed by atoms with Gasteiger partial charge in [0.05, 0.1) is 16.5 Å². The van der Waals surface area contributed by atoms with Crippen LogP contribution in [0.3, 0.4) is 0 Å². The minimum atomic E-state index is 0.00398. The molecule has 0 spiro atoms. The van der Waals surface area contributed by atoms with E-state index >= 15 is 0 Å². The zero-order valence-corrected chi connectivity index (χ0v) is 8.20. The molecule has 0 bridgehead atoms. The summed E-state index contributed by atoms with van der Waals surface area (Å²) in [6.45, 7) is 0.416. The summed E-state index contributed by atoms with van der Waals surface area (Å²) < 4.78 is 2.61. The molecule has 0 aliphatic carbocycles. The molecule has 1 heterocycles. The van der Waals surface area contributed by atoms with Gasteiger partial charge in [-0.1, -0.05) is 23.5 Å². The average Bonchev–Trinajstić information content (AvgIpc) is 2.51. The topological polar surface area (TPSA) is 42.2 Å². The van der Waals surface area contributed by atoms with Gasteiger partial charge in [-0.2, -0.15) is 0 Å². The molecular weight excluding hydrogens is 198 g/mol. The van der Waals surface area contributed by atoms with Gasteiger partial charge in [0.2, 0.25) is 0 Å². The summed E-state index contributed by atoms with van der Waals surface area (Å²) in [5.74, 6) is 0. The number of rotatable bonds is 2. The number of allylic oxidation sites excluding steroid dienone is 1. The van der Waals surface area contributed by atoms with E-state index in [-0.39, 0.29) is 4.87 Å². The fraction of sp³-hybridized carbons (Fsp3) is 0.100. The van der Waals surface area contributed by atoms with Crippen molar-refractivity contribution in [2.75, 3.05) is 0 Å². The van der Waals surface area contributed by atoms with Gasteiger partial charge in [-0.15, -0.1) is 0 Å². The van der Waals surface area contributed by atoms with Gasteiger partial charge in [0, 0.05) is 6.54 Å². The van der Waals surface area contributed by atoms with Crippen LogP contribution in [0, 0.1) is 0 Å². The highest BCUT2D eigenvalue weighted by atomic mass is 32.1. The van der Waals surface area contributed by atoms with Crippen molar-refractivity contribution in [1.29, 1.82) is 0 Å². The maximum Gasteiger partial charge on any atom is 0.308 e. The standard InChI is InChI=1S/C10H9NO2S/c12-7-3-6-11-8-4-1-2-5-9(8)14-10(11)13/h1-5,7,12H,6H2. The van der Waals surface area contributed by atoms with Crippen LogP contribution in [-0.4, -0.2) is 9.67 Å². The number of hydrogen-bond acceptors (Lipinski definition) is 3. The number of nitrogens with zero attached hydrogens (tertiary/aromatic N) is 1. The third kappa shape index (κ3) is 1.44. The van der Waals surface area contributed by atoms with Crippen molar-refractivity contribution in [1.82, 2.24) is 4.57 Å². The molecule has 4 heteroatoms. The average molecular weight is 207 g/mol. The lowest BCUT2D eigenvalue weighted by molar-refractivity contribution is 0.469. The van der Waals surface area contributed by atoms with E-state index in [1.165, 1.54) is 11.3 Å². The van der Waals surface area contributed by atoms with Crippen LogP contribution in [0.15, 0.2) is 41.4 Å². The number of aromatic nitrogens is 1. The largest absolute Gasteiger partial charge is 0.516 e. The van der Waals surface area contributed by atoms with E-state index in [4.69, 9.17) is 5.11 Å². The summed E-state index contributed by atoms with van der Waals surface area (Å²) in [5.41, 5.74) is 0.917. The minimum Gasteiger partial charge on any atom is -0.516 e. The predicted octanol–water partition coefficient (Wildman–Crippen LogP) is 2.13. The van der Waals surface area contributed by atoms with Gasteiger partial charge in [0.1, 0.15) is 0 Å². The Morgan fingerprint density at radius 2 is 2.21 bits per heavy atom. The SMILES string of the molecule is O=c1sc2ccccc2n1CC=CO. The van der Waals surface area contributed by atoms with Crippen molar-refractivity contribution in [3.8, 4) is 0 Å². The Labute approximate surface area is 84.5 Å². The fourth-order valence-electron chi connectivity index (χ4n) is 1.34. The van der Waals surface area contributed by atoms with Crippen LogP contribution >= 0.6 is 11.3 Å². The highest BCUT2D eigenvalue weighted by Crippen LogP contribution is 2.15. The van der Waals surface area contributed by atoms with E-state index < -0.39 is 0 Å². The van der Waals surface area contributed by atoms with Crippen LogP contribution in [0.2, 0.25) is 0 Å². The van der Waals surface area contributed by atoms with Crippen molar-refractivity contribution in [3.05, 3.63) is 46.3 Å². The van der Waals surface area contributed by atoms with E-state index in [1.807, 2.05) is 24.3 Å². The second kappa shape index (κ2) is 3.67. The third-order valence-electron chi connectivity index (χ3n) is 1.97. The Morgan fingerprint density at radius 1 is 1.43 bits per heavy atom. The van der Waals surface area contributed by atoms with Gasteiger partial charge < -0.3 is 5.11 Å². The molecule has 2 aromatic rings. The monoisotopic (exact) mass is 207 g/mol. The third-order valence-corrected chi connectivity index (χ3v) is 2.93. The molecule has 0 fully saturated rings. The number of benzene rings is 1. The quantitative estimate of drug-likeness (QED) is 0.766. The smallest absolute Gasteiger partial charge is 0.308 e. The van der Waals surface area contributed by atoms with Crippen LogP contribution in [-0.2, 0) is 6.54 Å². The molecule has 1 aromatic heterocycles. The Kier molecular flexibility index (Phi) is 2.37. The van der Waals surface area contributed by atoms with E-state index in [2.05, 4.69) is 0 Å². The van der Waals surface area contributed by atoms with E-state index in [1.54, 1.807) is 10.6 Å². The first-order chi connectivity index (χ1) is 6.83. The Balaban J connectivity index is 2.62. The van der Waals surface area contributed by atoms with Crippen LogP contribution in [0.25, 0.3) is 10.2 Å². The van der Waals surface area contributed by atoms with Crippen LogP contribution in [0.1, 0.15) is 0 Å². The van der Waals surface area contributed by atoms with Gasteiger partial charge >= 0.3 is 4.87 Å². The Morgan fingerprint density at radius 3 is 3.00 bits per heavy atom. The highest BCUT2D eigenvalue weighted by molar-refractivity contribution is 7.16. The van der Waals surface area contributed by atoms with E-state index in [0.717, 1.165) is 16.5 Å². The summed E-state index contributed by atoms with van der Waals surface area (Å²) in [6.07, 6.45) is 2.50. The fourth-order valence-corrected chi connectivity index (χ4v) is 2.24. The van der Waals surface area contributed by atoms with Crippen LogP contribution < -0.4 is 4.87 Å². The first-order valence-electron chi connectivity index (χ1n) is 4.20. The lowest BCUT2D eigenvalue weighted by Gasteiger charge is -1.97. The summed E-state index contributed by atoms with van der Waals surface area (Å²) in [7, 11) is 0. The van der Waals surface area contributed by atoms with Crippen molar-refractivity contribution >= 4 is 21.6 Å². The number of hydrogen-bond donors (Lipinski definition) is 1. The lowest BCUT2D eigenvalue weighted by atomic mass is 10.3. The molecule has 0 aliphatic heterocycles. The van der Waals surface area contributed by atoms with Crippen LogP contribution in [0.4, 0.5) is 0 Å². The molecular formula is C10H9NO2S. The van der Waals surface area contributed by atoms with Crippen molar-refractivity contribution in [2.45, 2.75) is 6.54 Å². The number of aliphatic hydroxyl groups excluding tert-OH is 1. The molecule has 1 N–H and O–H groups in total. The predicted molar refractivity (Wildman–Crippen MR) is 57.9 cm³/mol. The van der Waals surface area contributed by atoms with Crippen molar-refractivity contribution < 1.29 is 5.11 Å². The van der Waals surface area contributed by atoms with Crippen molar-refractivity contribution in [3.63, 3.8) is 0 Å². The molecule has 0 amide bonds. The van der Waals surface area contributed by atoms with E-state index in [9.17, 15) is 4.79 Å². The molecule has 2 rings (SSSR count). The first kappa shape index (κ1) is 9.02. The number of fused-ring (bicyclic) bond motifs is 1. The number of aliphatic hydroxyl groups is 1. The Bertz CT molecular complexity index is 524. The van der Waals surface area contributed by atoms with E-state index in [0.29, 0.717) is 6.54 Å². The summed E-state index contributed by atoms with van der Waals surface area (Å²) in [6, 6.07) is 7.62. The molecule has 0 aliphatic rings. The summed E-state index contributed by atoms with van der Waals surface area (Å²) in [4.78, 5) is 11.5. The summed E-state index contributed by atoms with van der Waals surface area (Å²) in [5, 5.41) is 8.54. The molecule has 0 saturated heterocycles. The normalized spacial score (nSPS) is 11.4. The zero-order chi connectivity index (χ0) is 9.97. The minimum absolute atomic E-state index is 0.00398. The number of para-hydroxylation sites is 1. The van der Waals surface area contributed by atoms with Gasteiger partial charge in [-0.05, 0) is 18.2 Å². The molecule has 0 unspecified atom stereocenters. The van der Waals surface area contributed by atoms with Crippen molar-refractivity contribution in [2.24, 2.45) is 0 Å². The molecule has 0 saturated carbocycles. The summed E-state index contributed by atoms with van der Waals surface area (Å²) >= 11 is 1.22. The number of thiazole rings is 1. The van der Waals surface area contributed by atoms with Gasteiger partial charge in [-0.3, -0.25) is 9.36 Å². The molecule has 0 radical (unpaired) electrons. The van der Waals surface area contributed by atoms with Gasteiger partial charge in [-0.25, -0.2) is 0 Å². The molecule has 0 atom stereocenters. The second-order valence-electron chi connectivity index (χ2n) is 2.83. The maximum absolute atomic E-state index is 11.5. The maximum atomic E-state index is 11.5. The molecule has 72 valence electrons. The van der Waals surface area contributed by atoms with Gasteiger partial charge in [0.15, 0.2) is 0 Å². The zero-order valence-electron chi connectivity index (χ0n) is 7.38. The molecule has 1 aromatic carbocycles. The van der Waals surface area contributed by atoms with Crippen LogP contribution in [0.5, 0.6) is 0 Å². The highest BCUT2D eigenvalue weighted by Gasteiger charge is 2.03. The first-order valence-corrected chi connectivity index (χ1v) is 5.02. The van der Waals surface area contributed by atoms with Gasteiger partial charge in [0.25, 0.3) is 0 Å². The molecule has 14 heavy (non-hydrogen) atoms. The Hall–Kier alpha value is -1.55. The second-order valence-corrected chi connectivity index (χ2v) is 3.82. The molecule has 3 nitrogen and oxygen atoms in total.